The van der Waals surface area contributed by atoms with Crippen molar-refractivity contribution in [2.24, 2.45) is 0 Å². The highest BCUT2D eigenvalue weighted by atomic mass is 19.1. The fourth-order valence-corrected chi connectivity index (χ4v) is 4.51. The summed E-state index contributed by atoms with van der Waals surface area (Å²) in [5, 5.41) is 31.4. The van der Waals surface area contributed by atoms with E-state index < -0.39 is 35.1 Å². The van der Waals surface area contributed by atoms with Crippen molar-refractivity contribution < 1.29 is 28.9 Å². The van der Waals surface area contributed by atoms with E-state index in [4.69, 9.17) is 0 Å². The summed E-state index contributed by atoms with van der Waals surface area (Å²) in [6.45, 7) is 2.15. The van der Waals surface area contributed by atoms with E-state index in [1.807, 2.05) is 6.92 Å². The van der Waals surface area contributed by atoms with Crippen LogP contribution in [0.5, 0.6) is 11.6 Å². The van der Waals surface area contributed by atoms with E-state index in [1.54, 1.807) is 24.3 Å². The number of aromatic hydroxyl groups is 2. The molecule has 35 heavy (non-hydrogen) atoms. The van der Waals surface area contributed by atoms with Crippen molar-refractivity contribution in [2.45, 2.75) is 45.1 Å². The second-order valence-corrected chi connectivity index (χ2v) is 8.70. The van der Waals surface area contributed by atoms with Gasteiger partial charge in [-0.05, 0) is 36.5 Å². The lowest BCUT2D eigenvalue weighted by Crippen LogP contribution is -2.29. The Morgan fingerprint density at radius 2 is 2.03 bits per heavy atom. The number of aryl methyl sites for hydroxylation is 1. The number of benzene rings is 1. The fourth-order valence-electron chi connectivity index (χ4n) is 4.51. The first-order valence-corrected chi connectivity index (χ1v) is 11.6. The number of aromatic nitrogens is 2. The molecule has 4 rings (SSSR count). The van der Waals surface area contributed by atoms with Crippen LogP contribution in [-0.2, 0) is 13.0 Å². The van der Waals surface area contributed by atoms with Gasteiger partial charge in [0.05, 0.1) is 24.2 Å². The number of aliphatic hydroxyl groups is 1. The van der Waals surface area contributed by atoms with Crippen LogP contribution in [0, 0.1) is 11.6 Å². The number of likely N-dealkylation sites (tertiary alicyclic amines) is 1. The van der Waals surface area contributed by atoms with Crippen LogP contribution in [0.2, 0.25) is 0 Å². The van der Waals surface area contributed by atoms with E-state index >= 15 is 0 Å². The molecule has 2 aromatic heterocycles. The number of aliphatic hydroxyl groups excluding tert-OH is 1. The number of carbonyl (C=O) groups excluding carboxylic acids is 1. The molecule has 0 saturated carbocycles. The van der Waals surface area contributed by atoms with Crippen LogP contribution in [0.15, 0.2) is 36.5 Å². The fraction of sp³-hybridized carbons (Fsp3) is 0.346. The van der Waals surface area contributed by atoms with Crippen LogP contribution in [0.1, 0.15) is 59.4 Å². The van der Waals surface area contributed by atoms with Gasteiger partial charge >= 0.3 is 0 Å². The summed E-state index contributed by atoms with van der Waals surface area (Å²) in [4.78, 5) is 22.9. The third-order valence-corrected chi connectivity index (χ3v) is 6.30. The van der Waals surface area contributed by atoms with Gasteiger partial charge in [0.1, 0.15) is 22.9 Å². The number of unbranched alkanes of at least 4 members (excludes halogenated alkanes) is 1. The molecule has 1 saturated heterocycles. The molecule has 1 fully saturated rings. The average molecular weight is 484 g/mol. The van der Waals surface area contributed by atoms with Crippen LogP contribution in [0.25, 0.3) is 11.1 Å². The topological polar surface area (TPSA) is 107 Å². The molecular weight excluding hydrogens is 456 g/mol. The molecule has 1 aliphatic rings. The quantitative estimate of drug-likeness (QED) is 0.463. The number of amides is 1. The second-order valence-electron chi connectivity index (χ2n) is 8.70. The minimum Gasteiger partial charge on any atom is -0.506 e. The Labute approximate surface area is 201 Å². The molecule has 0 bridgehead atoms. The first-order valence-electron chi connectivity index (χ1n) is 11.6. The Morgan fingerprint density at radius 1 is 1.23 bits per heavy atom. The molecular formula is C26H27F2N3O4. The van der Waals surface area contributed by atoms with Crippen LogP contribution < -0.4 is 0 Å². The highest BCUT2D eigenvalue weighted by molar-refractivity contribution is 6.01. The van der Waals surface area contributed by atoms with Crippen molar-refractivity contribution in [2.75, 3.05) is 13.1 Å². The second kappa shape index (κ2) is 10.4. The van der Waals surface area contributed by atoms with Crippen LogP contribution in [0.4, 0.5) is 8.78 Å². The highest BCUT2D eigenvalue weighted by Gasteiger charge is 2.34. The van der Waals surface area contributed by atoms with Gasteiger partial charge in [-0.25, -0.2) is 13.8 Å². The molecule has 0 aliphatic carbocycles. The number of carbonyl (C=O) groups is 1. The first-order chi connectivity index (χ1) is 16.8. The predicted octanol–water partition coefficient (Wildman–Crippen LogP) is 4.30. The zero-order chi connectivity index (χ0) is 25.1. The lowest BCUT2D eigenvalue weighted by Gasteiger charge is -2.20. The van der Waals surface area contributed by atoms with Gasteiger partial charge in [0.25, 0.3) is 5.91 Å². The van der Waals surface area contributed by atoms with Crippen molar-refractivity contribution in [3.05, 3.63) is 70.7 Å². The molecule has 184 valence electrons. The Hall–Kier alpha value is -3.59. The maximum Gasteiger partial charge on any atom is 0.263 e. The van der Waals surface area contributed by atoms with Gasteiger partial charge in [-0.1, -0.05) is 31.5 Å². The van der Waals surface area contributed by atoms with Gasteiger partial charge < -0.3 is 20.2 Å². The number of rotatable bonds is 7. The summed E-state index contributed by atoms with van der Waals surface area (Å²) in [6.07, 6.45) is 3.44. The number of hydrogen-bond donors (Lipinski definition) is 3. The Morgan fingerprint density at radius 3 is 2.74 bits per heavy atom. The Balaban J connectivity index is 1.70. The molecule has 1 aromatic carbocycles. The lowest BCUT2D eigenvalue weighted by molar-refractivity contribution is 0.0783. The molecule has 3 aromatic rings. The zero-order valence-corrected chi connectivity index (χ0v) is 19.3. The highest BCUT2D eigenvalue weighted by Crippen LogP contribution is 2.41. The summed E-state index contributed by atoms with van der Waals surface area (Å²) in [5.41, 5.74) is 1.72. The maximum absolute atomic E-state index is 14.2. The molecule has 1 atom stereocenters. The number of halogens is 2. The zero-order valence-electron chi connectivity index (χ0n) is 19.3. The van der Waals surface area contributed by atoms with Gasteiger partial charge in [-0.2, -0.15) is 0 Å². The molecule has 9 heteroatoms. The van der Waals surface area contributed by atoms with E-state index in [-0.39, 0.29) is 31.0 Å². The van der Waals surface area contributed by atoms with Crippen LogP contribution in [0.3, 0.4) is 0 Å². The molecule has 1 aliphatic heterocycles. The number of nitrogens with zero attached hydrogens (tertiary/aromatic N) is 3. The molecule has 1 amide bonds. The summed E-state index contributed by atoms with van der Waals surface area (Å²) in [5.74, 6) is -3.60. The minimum atomic E-state index is -0.779. The van der Waals surface area contributed by atoms with Crippen LogP contribution in [-0.4, -0.2) is 49.2 Å². The normalized spacial score (nSPS) is 15.5. The number of pyridine rings is 2. The third kappa shape index (κ3) is 4.95. The van der Waals surface area contributed by atoms with E-state index in [0.29, 0.717) is 35.2 Å². The average Bonchev–Trinajstić information content (AvgIpc) is 3.32. The number of hydrogen-bond acceptors (Lipinski definition) is 6. The summed E-state index contributed by atoms with van der Waals surface area (Å²) in [7, 11) is 0. The molecule has 3 N–H and O–H groups in total. The van der Waals surface area contributed by atoms with Crippen molar-refractivity contribution in [3.8, 4) is 22.8 Å². The molecule has 0 radical (unpaired) electrons. The standard InChI is InChI=1S/C26H27F2N3O4/c1-2-3-7-20-21(16-6-4-5-15(10-16)14-32)24(33)22(25(34)30-20)26(35)31-9-8-17(13-31)23-19(28)11-18(27)12-29-23/h4-6,10-12,17,32H,2-3,7-9,13-14H2,1H3,(H2,30,33,34). The molecule has 7 nitrogen and oxygen atoms in total. The smallest absolute Gasteiger partial charge is 0.263 e. The molecule has 1 unspecified atom stereocenters. The van der Waals surface area contributed by atoms with E-state index in [1.165, 1.54) is 4.90 Å². The van der Waals surface area contributed by atoms with Gasteiger partial charge in [0.2, 0.25) is 5.88 Å². The SMILES string of the molecule is CCCCc1nc(O)c(C(=O)N2CCC(c3ncc(F)cc3F)C2)c(O)c1-c1cccc(CO)c1. The summed E-state index contributed by atoms with van der Waals surface area (Å²) < 4.78 is 27.5. The summed E-state index contributed by atoms with van der Waals surface area (Å²) in [6, 6.07) is 7.67. The lowest BCUT2D eigenvalue weighted by atomic mass is 9.96. The van der Waals surface area contributed by atoms with E-state index in [9.17, 15) is 28.9 Å². The Bertz CT molecular complexity index is 1250. The maximum atomic E-state index is 14.2. The molecule has 0 spiro atoms. The van der Waals surface area contributed by atoms with Gasteiger partial charge in [0.15, 0.2) is 0 Å². The first kappa shape index (κ1) is 24.5. The predicted molar refractivity (Wildman–Crippen MR) is 125 cm³/mol. The van der Waals surface area contributed by atoms with Gasteiger partial charge in [-0.3, -0.25) is 9.78 Å². The monoisotopic (exact) mass is 483 g/mol. The van der Waals surface area contributed by atoms with Crippen molar-refractivity contribution in [1.29, 1.82) is 0 Å². The van der Waals surface area contributed by atoms with Crippen LogP contribution >= 0.6 is 0 Å². The third-order valence-electron chi connectivity index (χ3n) is 6.30. The Kier molecular flexibility index (Phi) is 7.25. The minimum absolute atomic E-state index is 0.0738. The van der Waals surface area contributed by atoms with Gasteiger partial charge in [-0.15, -0.1) is 0 Å². The van der Waals surface area contributed by atoms with Crippen molar-refractivity contribution in [1.82, 2.24) is 14.9 Å². The van der Waals surface area contributed by atoms with Crippen molar-refractivity contribution >= 4 is 5.91 Å². The van der Waals surface area contributed by atoms with E-state index in [0.717, 1.165) is 25.1 Å². The van der Waals surface area contributed by atoms with Gasteiger partial charge in [0, 0.05) is 30.6 Å². The van der Waals surface area contributed by atoms with Crippen molar-refractivity contribution in [3.63, 3.8) is 0 Å². The van der Waals surface area contributed by atoms with E-state index in [2.05, 4.69) is 9.97 Å². The summed E-state index contributed by atoms with van der Waals surface area (Å²) >= 11 is 0. The largest absolute Gasteiger partial charge is 0.506 e. The molecule has 3 heterocycles.